The fraction of sp³-hybridized carbons (Fsp3) is 0.600. The van der Waals surface area contributed by atoms with Crippen LogP contribution in [0.4, 0.5) is 0 Å². The van der Waals surface area contributed by atoms with Crippen LogP contribution in [0.2, 0.25) is 0 Å². The second-order valence-corrected chi connectivity index (χ2v) is 2.01. The fourth-order valence-corrected chi connectivity index (χ4v) is 0.699. The summed E-state index contributed by atoms with van der Waals surface area (Å²) < 4.78 is 1.83. The van der Waals surface area contributed by atoms with Crippen molar-refractivity contribution in [2.75, 3.05) is 0 Å². The number of halogens is 1. The van der Waals surface area contributed by atoms with E-state index in [1.165, 1.54) is 0 Å². The minimum absolute atomic E-state index is 0.239. The van der Waals surface area contributed by atoms with Gasteiger partial charge in [-0.2, -0.15) is 0 Å². The van der Waals surface area contributed by atoms with Crippen LogP contribution in [0.1, 0.15) is 13.3 Å². The monoisotopic (exact) mass is 212 g/mol. The fourth-order valence-electron chi connectivity index (χ4n) is 0.220. The second-order valence-electron chi connectivity index (χ2n) is 1.29. The van der Waals surface area contributed by atoms with E-state index in [0.717, 1.165) is 6.42 Å². The first-order valence-corrected chi connectivity index (χ1v) is 3.50. The Morgan fingerprint density at radius 3 is 2.57 bits per heavy atom. The Morgan fingerprint density at radius 2 is 2.43 bits per heavy atom. The first-order chi connectivity index (χ1) is 3.31. The van der Waals surface area contributed by atoms with E-state index in [1.807, 2.05) is 11.0 Å². The number of aliphatic hydroxyl groups excluding tert-OH is 1. The molecule has 0 aliphatic rings. The van der Waals surface area contributed by atoms with E-state index < -0.39 is 0 Å². The van der Waals surface area contributed by atoms with Crippen LogP contribution < -0.4 is 0 Å². The van der Waals surface area contributed by atoms with E-state index in [0.29, 0.717) is 0 Å². The highest BCUT2D eigenvalue weighted by Crippen LogP contribution is 1.93. The largest absolute Gasteiger partial charge is 0.389 e. The molecular formula is C5H9IO. The molecule has 0 saturated carbocycles. The van der Waals surface area contributed by atoms with Crippen molar-refractivity contribution in [1.29, 1.82) is 0 Å². The van der Waals surface area contributed by atoms with Crippen LogP contribution in [-0.4, -0.2) is 11.2 Å². The van der Waals surface area contributed by atoms with Gasteiger partial charge in [-0.05, 0) is 10.5 Å². The summed E-state index contributed by atoms with van der Waals surface area (Å²) in [6.45, 7) is 1.95. The molecule has 0 heterocycles. The van der Waals surface area contributed by atoms with E-state index in [4.69, 9.17) is 5.11 Å². The van der Waals surface area contributed by atoms with E-state index in [1.54, 1.807) is 6.08 Å². The van der Waals surface area contributed by atoms with Crippen LogP contribution in [-0.2, 0) is 0 Å². The molecule has 0 bridgehead atoms. The maximum Gasteiger partial charge on any atom is 0.0725 e. The topological polar surface area (TPSA) is 20.2 Å². The molecule has 0 rings (SSSR count). The molecule has 0 aromatic heterocycles. The van der Waals surface area contributed by atoms with Gasteiger partial charge in [0.1, 0.15) is 0 Å². The van der Waals surface area contributed by atoms with Crippen LogP contribution in [0.3, 0.4) is 0 Å². The van der Waals surface area contributed by atoms with Crippen LogP contribution in [0, 0.1) is 0 Å². The zero-order valence-electron chi connectivity index (χ0n) is 4.26. The minimum atomic E-state index is -0.239. The molecule has 0 fully saturated rings. The standard InChI is InChI=1S/C5H9IO/c1-2-5(7)3-4-6/h3-5,7H,2H2,1H3. The lowest BCUT2D eigenvalue weighted by atomic mass is 10.3. The summed E-state index contributed by atoms with van der Waals surface area (Å²) in [6.07, 6.45) is 2.33. The summed E-state index contributed by atoms with van der Waals surface area (Å²) in [4.78, 5) is 0. The second kappa shape index (κ2) is 4.59. The highest BCUT2D eigenvalue weighted by atomic mass is 127. The van der Waals surface area contributed by atoms with Crippen molar-refractivity contribution in [3.8, 4) is 0 Å². The molecule has 42 valence electrons. The van der Waals surface area contributed by atoms with Crippen molar-refractivity contribution in [2.45, 2.75) is 19.4 Å². The summed E-state index contributed by atoms with van der Waals surface area (Å²) in [5, 5.41) is 8.77. The van der Waals surface area contributed by atoms with Crippen molar-refractivity contribution in [3.63, 3.8) is 0 Å². The Balaban J connectivity index is 3.16. The lowest BCUT2D eigenvalue weighted by Crippen LogP contribution is -1.96. The molecule has 0 saturated heterocycles. The molecule has 0 amide bonds. The van der Waals surface area contributed by atoms with Gasteiger partial charge in [-0.15, -0.1) is 0 Å². The molecule has 0 aliphatic carbocycles. The molecule has 0 aromatic carbocycles. The average Bonchev–Trinajstić information content (AvgIpc) is 1.68. The molecular weight excluding hydrogens is 203 g/mol. The molecule has 1 atom stereocenters. The smallest absolute Gasteiger partial charge is 0.0725 e. The summed E-state index contributed by atoms with van der Waals surface area (Å²) in [5.41, 5.74) is 0. The summed E-state index contributed by atoms with van der Waals surface area (Å²) in [5.74, 6) is 0. The van der Waals surface area contributed by atoms with E-state index in [2.05, 4.69) is 22.6 Å². The third kappa shape index (κ3) is 4.28. The molecule has 2 heteroatoms. The minimum Gasteiger partial charge on any atom is -0.389 e. The quantitative estimate of drug-likeness (QED) is 0.690. The van der Waals surface area contributed by atoms with Crippen molar-refractivity contribution in [2.24, 2.45) is 0 Å². The van der Waals surface area contributed by atoms with E-state index in [9.17, 15) is 0 Å². The lowest BCUT2D eigenvalue weighted by Gasteiger charge is -1.94. The summed E-state index contributed by atoms with van der Waals surface area (Å²) in [7, 11) is 0. The molecule has 1 unspecified atom stereocenters. The van der Waals surface area contributed by atoms with E-state index in [-0.39, 0.29) is 6.10 Å². The first kappa shape index (κ1) is 7.43. The number of aliphatic hydroxyl groups is 1. The van der Waals surface area contributed by atoms with Gasteiger partial charge < -0.3 is 5.11 Å². The predicted octanol–water partition coefficient (Wildman–Crippen LogP) is 1.71. The Bertz CT molecular complexity index is 61.1. The van der Waals surface area contributed by atoms with Gasteiger partial charge in [0.05, 0.1) is 6.10 Å². The average molecular weight is 212 g/mol. The van der Waals surface area contributed by atoms with Crippen LogP contribution in [0.5, 0.6) is 0 Å². The third-order valence-corrected chi connectivity index (χ3v) is 1.13. The van der Waals surface area contributed by atoms with Crippen molar-refractivity contribution in [1.82, 2.24) is 0 Å². The number of hydrogen-bond donors (Lipinski definition) is 1. The van der Waals surface area contributed by atoms with Crippen LogP contribution >= 0.6 is 22.6 Å². The highest BCUT2D eigenvalue weighted by molar-refractivity contribution is 14.1. The molecule has 7 heavy (non-hydrogen) atoms. The van der Waals surface area contributed by atoms with Gasteiger partial charge in [-0.3, -0.25) is 0 Å². The third-order valence-electron chi connectivity index (χ3n) is 0.713. The lowest BCUT2D eigenvalue weighted by molar-refractivity contribution is 0.219. The molecule has 0 aromatic rings. The molecule has 0 radical (unpaired) electrons. The molecule has 0 aliphatic heterocycles. The predicted molar refractivity (Wildman–Crippen MR) is 39.5 cm³/mol. The van der Waals surface area contributed by atoms with Gasteiger partial charge in [0.2, 0.25) is 0 Å². The Labute approximate surface area is 57.6 Å². The van der Waals surface area contributed by atoms with Crippen LogP contribution in [0.25, 0.3) is 0 Å². The summed E-state index contributed by atoms with van der Waals surface area (Å²) >= 11 is 2.09. The zero-order chi connectivity index (χ0) is 5.70. The highest BCUT2D eigenvalue weighted by Gasteiger charge is 1.88. The van der Waals surface area contributed by atoms with Crippen molar-refractivity contribution < 1.29 is 5.11 Å². The van der Waals surface area contributed by atoms with Gasteiger partial charge in [0.25, 0.3) is 0 Å². The molecule has 1 N–H and O–H groups in total. The maximum absolute atomic E-state index is 8.77. The van der Waals surface area contributed by atoms with Gasteiger partial charge in [-0.1, -0.05) is 35.6 Å². The molecule has 0 spiro atoms. The Kier molecular flexibility index (Phi) is 4.87. The Hall–Kier alpha value is 0.430. The first-order valence-electron chi connectivity index (χ1n) is 2.26. The van der Waals surface area contributed by atoms with Gasteiger partial charge in [0.15, 0.2) is 0 Å². The number of hydrogen-bond acceptors (Lipinski definition) is 1. The van der Waals surface area contributed by atoms with Crippen molar-refractivity contribution in [3.05, 3.63) is 10.2 Å². The maximum atomic E-state index is 8.77. The normalized spacial score (nSPS) is 15.3. The molecule has 1 nitrogen and oxygen atoms in total. The van der Waals surface area contributed by atoms with Crippen LogP contribution in [0.15, 0.2) is 10.2 Å². The van der Waals surface area contributed by atoms with Crippen molar-refractivity contribution >= 4 is 22.6 Å². The van der Waals surface area contributed by atoms with Gasteiger partial charge >= 0.3 is 0 Å². The van der Waals surface area contributed by atoms with E-state index >= 15 is 0 Å². The van der Waals surface area contributed by atoms with Gasteiger partial charge in [-0.25, -0.2) is 0 Å². The van der Waals surface area contributed by atoms with Gasteiger partial charge in [0, 0.05) is 0 Å². The number of rotatable bonds is 2. The Morgan fingerprint density at radius 1 is 1.86 bits per heavy atom. The SMILES string of the molecule is CCC(O)C=CI. The summed E-state index contributed by atoms with van der Waals surface area (Å²) in [6, 6.07) is 0. The zero-order valence-corrected chi connectivity index (χ0v) is 6.42.